The van der Waals surface area contributed by atoms with Crippen LogP contribution in [0.1, 0.15) is 17.3 Å². The molecule has 1 aromatic carbocycles. The van der Waals surface area contributed by atoms with Crippen LogP contribution in [0.25, 0.3) is 0 Å². The zero-order valence-electron chi connectivity index (χ0n) is 8.66. The summed E-state index contributed by atoms with van der Waals surface area (Å²) in [5.41, 5.74) is 2.37. The van der Waals surface area contributed by atoms with Gasteiger partial charge in [0.05, 0.1) is 6.04 Å². The van der Waals surface area contributed by atoms with Crippen LogP contribution in [0.2, 0.25) is 5.02 Å². The molecule has 0 aromatic heterocycles. The average Bonchev–Trinajstić information content (AvgIpc) is 2.28. The van der Waals surface area contributed by atoms with Gasteiger partial charge < -0.3 is 5.32 Å². The van der Waals surface area contributed by atoms with Gasteiger partial charge in [-0.25, -0.2) is 10.6 Å². The van der Waals surface area contributed by atoms with Crippen molar-refractivity contribution in [3.05, 3.63) is 34.9 Å². The number of nitrogens with one attached hydrogen (secondary N) is 2. The minimum atomic E-state index is -0.648. The van der Waals surface area contributed by atoms with E-state index in [9.17, 15) is 9.59 Å². The molecule has 6 heteroatoms. The lowest BCUT2D eigenvalue weighted by Gasteiger charge is -2.12. The number of hydrogen-bond acceptors (Lipinski definition) is 3. The second-order valence-electron chi connectivity index (χ2n) is 3.21. The smallest absolute Gasteiger partial charge is 0.327 e. The van der Waals surface area contributed by atoms with Crippen LogP contribution in [-0.4, -0.2) is 17.9 Å². The monoisotopic (exact) mass is 241 g/mol. The van der Waals surface area contributed by atoms with E-state index in [0.29, 0.717) is 10.6 Å². The number of ketones is 1. The zero-order valence-corrected chi connectivity index (χ0v) is 9.41. The Hall–Kier alpha value is -1.59. The van der Waals surface area contributed by atoms with E-state index in [4.69, 9.17) is 17.4 Å². The minimum absolute atomic E-state index is 0.208. The van der Waals surface area contributed by atoms with Crippen molar-refractivity contribution in [1.82, 2.24) is 10.7 Å². The maximum Gasteiger partial charge on any atom is 0.329 e. The molecule has 0 fully saturated rings. The lowest BCUT2D eigenvalue weighted by molar-refractivity contribution is 0.0953. The highest BCUT2D eigenvalue weighted by Crippen LogP contribution is 2.11. The fraction of sp³-hybridized carbons (Fsp3) is 0.200. The van der Waals surface area contributed by atoms with Gasteiger partial charge in [-0.1, -0.05) is 11.6 Å². The molecule has 1 atom stereocenters. The number of rotatable bonds is 3. The number of carbonyl (C=O) groups excluding carboxylic acids is 2. The number of nitrogens with two attached hydrogens (primary N) is 1. The first-order valence-corrected chi connectivity index (χ1v) is 4.99. The summed E-state index contributed by atoms with van der Waals surface area (Å²) in [6, 6.07) is 5.18. The van der Waals surface area contributed by atoms with E-state index in [1.165, 1.54) is 0 Å². The molecule has 0 saturated heterocycles. The second kappa shape index (κ2) is 5.48. The Morgan fingerprint density at radius 2 is 1.88 bits per heavy atom. The summed E-state index contributed by atoms with van der Waals surface area (Å²) < 4.78 is 0. The molecule has 0 bridgehead atoms. The maximum atomic E-state index is 11.8. The Bertz CT molecular complexity index is 392. The number of benzene rings is 1. The van der Waals surface area contributed by atoms with Gasteiger partial charge >= 0.3 is 6.03 Å². The van der Waals surface area contributed by atoms with Gasteiger partial charge in [-0.15, -0.1) is 0 Å². The summed E-state index contributed by atoms with van der Waals surface area (Å²) in [5, 5.41) is 2.94. The molecule has 1 aromatic rings. The summed E-state index contributed by atoms with van der Waals surface area (Å²) in [7, 11) is 0. The highest BCUT2D eigenvalue weighted by atomic mass is 35.5. The van der Waals surface area contributed by atoms with Gasteiger partial charge in [0.1, 0.15) is 0 Å². The molecule has 0 heterocycles. The van der Waals surface area contributed by atoms with Gasteiger partial charge in [-0.05, 0) is 31.2 Å². The minimum Gasteiger partial charge on any atom is -0.327 e. The molecule has 16 heavy (non-hydrogen) atoms. The van der Waals surface area contributed by atoms with Crippen LogP contribution in [0, 0.1) is 0 Å². The quantitative estimate of drug-likeness (QED) is 0.321. The molecule has 0 saturated carbocycles. The standard InChI is InChI=1S/C10H12ClN3O2/c1-6(13-10(16)14-12)9(15)7-2-4-8(11)5-3-7/h2-6H,12H2,1H3,(H2,13,14,16). The van der Waals surface area contributed by atoms with Gasteiger partial charge in [0.2, 0.25) is 0 Å². The summed E-state index contributed by atoms with van der Waals surface area (Å²) in [5.74, 6) is 4.68. The lowest BCUT2D eigenvalue weighted by Crippen LogP contribution is -2.46. The van der Waals surface area contributed by atoms with Crippen LogP contribution < -0.4 is 16.6 Å². The number of amides is 2. The maximum absolute atomic E-state index is 11.8. The molecular weight excluding hydrogens is 230 g/mol. The molecule has 4 N–H and O–H groups in total. The van der Waals surface area contributed by atoms with E-state index in [0.717, 1.165) is 0 Å². The molecule has 2 amide bonds. The van der Waals surface area contributed by atoms with Crippen LogP contribution in [0.5, 0.6) is 0 Å². The fourth-order valence-corrected chi connectivity index (χ4v) is 1.29. The van der Waals surface area contributed by atoms with Gasteiger partial charge in [-0.2, -0.15) is 0 Å². The molecule has 1 rings (SSSR count). The highest BCUT2D eigenvalue weighted by Gasteiger charge is 2.16. The second-order valence-corrected chi connectivity index (χ2v) is 3.65. The molecular formula is C10H12ClN3O2. The first kappa shape index (κ1) is 12.5. The van der Waals surface area contributed by atoms with E-state index in [-0.39, 0.29) is 5.78 Å². The molecule has 5 nitrogen and oxygen atoms in total. The number of halogens is 1. The largest absolute Gasteiger partial charge is 0.329 e. The SMILES string of the molecule is CC(NC(=O)NN)C(=O)c1ccc(Cl)cc1. The van der Waals surface area contributed by atoms with Crippen LogP contribution in [-0.2, 0) is 0 Å². The fourth-order valence-electron chi connectivity index (χ4n) is 1.17. The number of urea groups is 1. The molecule has 0 radical (unpaired) electrons. The van der Waals surface area contributed by atoms with Gasteiger partial charge in [0, 0.05) is 10.6 Å². The van der Waals surface area contributed by atoms with Crippen molar-refractivity contribution < 1.29 is 9.59 Å². The summed E-state index contributed by atoms with van der Waals surface area (Å²) in [6.07, 6.45) is 0. The van der Waals surface area contributed by atoms with Crippen molar-refractivity contribution >= 4 is 23.4 Å². The van der Waals surface area contributed by atoms with Gasteiger partial charge in [0.25, 0.3) is 0 Å². The molecule has 0 aliphatic heterocycles. The van der Waals surface area contributed by atoms with E-state index in [2.05, 4.69) is 5.32 Å². The van der Waals surface area contributed by atoms with Gasteiger partial charge in [0.15, 0.2) is 5.78 Å². The van der Waals surface area contributed by atoms with Crippen molar-refractivity contribution in [3.8, 4) is 0 Å². The Labute approximate surface area is 97.9 Å². The van der Waals surface area contributed by atoms with E-state index < -0.39 is 12.1 Å². The molecule has 0 aliphatic rings. The van der Waals surface area contributed by atoms with Crippen molar-refractivity contribution in [3.63, 3.8) is 0 Å². The number of carbonyl (C=O) groups is 2. The van der Waals surface area contributed by atoms with Crippen molar-refractivity contribution in [2.45, 2.75) is 13.0 Å². The first-order valence-electron chi connectivity index (χ1n) is 4.61. The van der Waals surface area contributed by atoms with Crippen molar-refractivity contribution in [2.75, 3.05) is 0 Å². The molecule has 0 aliphatic carbocycles. The Morgan fingerprint density at radius 1 is 1.31 bits per heavy atom. The number of hydrazine groups is 1. The van der Waals surface area contributed by atoms with E-state index >= 15 is 0 Å². The molecule has 1 unspecified atom stereocenters. The third-order valence-corrected chi connectivity index (χ3v) is 2.25. The average molecular weight is 242 g/mol. The molecule has 86 valence electrons. The van der Waals surface area contributed by atoms with Gasteiger partial charge in [-0.3, -0.25) is 10.2 Å². The van der Waals surface area contributed by atoms with Crippen LogP contribution >= 0.6 is 11.6 Å². The number of hydrogen-bond donors (Lipinski definition) is 3. The molecule has 0 spiro atoms. The Balaban J connectivity index is 2.70. The van der Waals surface area contributed by atoms with E-state index in [1.54, 1.807) is 31.2 Å². The third-order valence-electron chi connectivity index (χ3n) is 2.00. The lowest BCUT2D eigenvalue weighted by atomic mass is 10.1. The summed E-state index contributed by atoms with van der Waals surface area (Å²) in [6.45, 7) is 1.58. The Kier molecular flexibility index (Phi) is 4.28. The first-order chi connectivity index (χ1) is 7.54. The van der Waals surface area contributed by atoms with Crippen molar-refractivity contribution in [2.24, 2.45) is 5.84 Å². The third kappa shape index (κ3) is 3.22. The Morgan fingerprint density at radius 3 is 2.38 bits per heavy atom. The zero-order chi connectivity index (χ0) is 12.1. The van der Waals surface area contributed by atoms with Crippen molar-refractivity contribution in [1.29, 1.82) is 0 Å². The predicted molar refractivity (Wildman–Crippen MR) is 61.1 cm³/mol. The topological polar surface area (TPSA) is 84.2 Å². The van der Waals surface area contributed by atoms with Crippen LogP contribution in [0.15, 0.2) is 24.3 Å². The summed E-state index contributed by atoms with van der Waals surface area (Å²) >= 11 is 5.70. The normalized spacial score (nSPS) is 11.7. The summed E-state index contributed by atoms with van der Waals surface area (Å²) in [4.78, 5) is 22.7. The number of Topliss-reactive ketones (excluding diaryl/α,β-unsaturated/α-hetero) is 1. The van der Waals surface area contributed by atoms with Crippen LogP contribution in [0.4, 0.5) is 4.79 Å². The van der Waals surface area contributed by atoms with Crippen LogP contribution in [0.3, 0.4) is 0 Å². The van der Waals surface area contributed by atoms with E-state index in [1.807, 2.05) is 5.43 Å². The predicted octanol–water partition coefficient (Wildman–Crippen LogP) is 1.08. The highest BCUT2D eigenvalue weighted by molar-refractivity contribution is 6.30.